The van der Waals surface area contributed by atoms with Gasteiger partial charge < -0.3 is 10.4 Å². The first-order chi connectivity index (χ1) is 8.65. The lowest BCUT2D eigenvalue weighted by Gasteiger charge is -2.06. The van der Waals surface area contributed by atoms with Crippen molar-refractivity contribution in [1.82, 2.24) is 4.98 Å². The van der Waals surface area contributed by atoms with E-state index in [0.29, 0.717) is 16.3 Å². The minimum absolute atomic E-state index is 0.0595. The van der Waals surface area contributed by atoms with Gasteiger partial charge in [0.15, 0.2) is 0 Å². The van der Waals surface area contributed by atoms with E-state index in [4.69, 9.17) is 11.6 Å². The van der Waals surface area contributed by atoms with E-state index < -0.39 is 0 Å². The fourth-order valence-electron chi connectivity index (χ4n) is 1.51. The standard InChI is InChI=1S/C13H11ClN2O2/c14-10-1-2-12(17)9(7-10)8-13(18)16-11-3-5-15-6-4-11/h1-7,17H,8H2,(H,15,16,18). The van der Waals surface area contributed by atoms with Crippen LogP contribution in [0.1, 0.15) is 5.56 Å². The van der Waals surface area contributed by atoms with Crippen LogP contribution < -0.4 is 5.32 Å². The van der Waals surface area contributed by atoms with Gasteiger partial charge in [0.25, 0.3) is 0 Å². The van der Waals surface area contributed by atoms with Gasteiger partial charge in [0.2, 0.25) is 5.91 Å². The van der Waals surface area contributed by atoms with E-state index in [9.17, 15) is 9.90 Å². The number of amides is 1. The number of aromatic nitrogens is 1. The molecule has 0 aliphatic carbocycles. The van der Waals surface area contributed by atoms with Gasteiger partial charge in [-0.3, -0.25) is 9.78 Å². The summed E-state index contributed by atoms with van der Waals surface area (Å²) >= 11 is 5.81. The van der Waals surface area contributed by atoms with Gasteiger partial charge in [-0.05, 0) is 30.3 Å². The van der Waals surface area contributed by atoms with Crippen molar-refractivity contribution in [2.45, 2.75) is 6.42 Å². The summed E-state index contributed by atoms with van der Waals surface area (Å²) in [5, 5.41) is 12.8. The van der Waals surface area contributed by atoms with Gasteiger partial charge in [-0.1, -0.05) is 11.6 Å². The largest absolute Gasteiger partial charge is 0.508 e. The van der Waals surface area contributed by atoms with Gasteiger partial charge in [-0.15, -0.1) is 0 Å². The number of aromatic hydroxyl groups is 1. The molecule has 0 fully saturated rings. The number of nitrogens with zero attached hydrogens (tertiary/aromatic N) is 1. The quantitative estimate of drug-likeness (QED) is 0.894. The minimum Gasteiger partial charge on any atom is -0.508 e. The summed E-state index contributed by atoms with van der Waals surface area (Å²) in [4.78, 5) is 15.6. The maximum absolute atomic E-state index is 11.8. The molecule has 2 rings (SSSR count). The third-order valence-electron chi connectivity index (χ3n) is 2.36. The zero-order chi connectivity index (χ0) is 13.0. The van der Waals surface area contributed by atoms with Crippen molar-refractivity contribution in [2.75, 3.05) is 5.32 Å². The Hall–Kier alpha value is -2.07. The van der Waals surface area contributed by atoms with E-state index in [-0.39, 0.29) is 18.1 Å². The number of hydrogen-bond donors (Lipinski definition) is 2. The van der Waals surface area contributed by atoms with Crippen LogP contribution in [0.3, 0.4) is 0 Å². The lowest BCUT2D eigenvalue weighted by Crippen LogP contribution is -2.14. The fraction of sp³-hybridized carbons (Fsp3) is 0.0769. The zero-order valence-electron chi connectivity index (χ0n) is 9.43. The van der Waals surface area contributed by atoms with Crippen molar-refractivity contribution in [2.24, 2.45) is 0 Å². The SMILES string of the molecule is O=C(Cc1cc(Cl)ccc1O)Nc1ccncc1. The minimum atomic E-state index is -0.223. The molecule has 1 heterocycles. The highest BCUT2D eigenvalue weighted by Gasteiger charge is 2.08. The molecular weight excluding hydrogens is 252 g/mol. The van der Waals surface area contributed by atoms with Crippen molar-refractivity contribution < 1.29 is 9.90 Å². The van der Waals surface area contributed by atoms with Crippen LogP contribution in [0.2, 0.25) is 5.02 Å². The maximum Gasteiger partial charge on any atom is 0.228 e. The summed E-state index contributed by atoms with van der Waals surface area (Å²) in [6.45, 7) is 0. The maximum atomic E-state index is 11.8. The first-order valence-electron chi connectivity index (χ1n) is 5.32. The first-order valence-corrected chi connectivity index (χ1v) is 5.70. The van der Waals surface area contributed by atoms with Crippen LogP contribution in [0.4, 0.5) is 5.69 Å². The van der Waals surface area contributed by atoms with Crippen LogP contribution in [0.15, 0.2) is 42.7 Å². The lowest BCUT2D eigenvalue weighted by atomic mass is 10.1. The van der Waals surface area contributed by atoms with E-state index in [2.05, 4.69) is 10.3 Å². The smallest absolute Gasteiger partial charge is 0.228 e. The van der Waals surface area contributed by atoms with E-state index in [1.807, 2.05) is 0 Å². The Morgan fingerprint density at radius 1 is 1.28 bits per heavy atom. The number of carbonyl (C=O) groups is 1. The van der Waals surface area contributed by atoms with Crippen LogP contribution in [-0.2, 0) is 11.2 Å². The zero-order valence-corrected chi connectivity index (χ0v) is 10.2. The van der Waals surface area contributed by atoms with Crippen molar-refractivity contribution in [3.05, 3.63) is 53.3 Å². The summed E-state index contributed by atoms with van der Waals surface area (Å²) < 4.78 is 0. The molecular formula is C13H11ClN2O2. The average molecular weight is 263 g/mol. The Morgan fingerprint density at radius 3 is 2.72 bits per heavy atom. The van der Waals surface area contributed by atoms with Crippen molar-refractivity contribution >= 4 is 23.2 Å². The molecule has 1 aromatic carbocycles. The Bertz CT molecular complexity index is 558. The van der Waals surface area contributed by atoms with Gasteiger partial charge in [-0.2, -0.15) is 0 Å². The Kier molecular flexibility index (Phi) is 3.79. The number of carbonyl (C=O) groups excluding carboxylic acids is 1. The molecule has 1 amide bonds. The first kappa shape index (κ1) is 12.4. The number of pyridine rings is 1. The van der Waals surface area contributed by atoms with E-state index in [0.717, 1.165) is 0 Å². The summed E-state index contributed by atoms with van der Waals surface area (Å²) in [5.41, 5.74) is 1.16. The predicted molar refractivity (Wildman–Crippen MR) is 69.7 cm³/mol. The molecule has 0 spiro atoms. The van der Waals surface area contributed by atoms with E-state index in [1.54, 1.807) is 36.7 Å². The third kappa shape index (κ3) is 3.21. The van der Waals surface area contributed by atoms with E-state index in [1.165, 1.54) is 6.07 Å². The number of halogens is 1. The Balaban J connectivity index is 2.05. The van der Waals surface area contributed by atoms with Crippen molar-refractivity contribution in [3.63, 3.8) is 0 Å². The fourth-order valence-corrected chi connectivity index (χ4v) is 1.70. The second kappa shape index (κ2) is 5.51. The molecule has 18 heavy (non-hydrogen) atoms. The van der Waals surface area contributed by atoms with Crippen molar-refractivity contribution in [1.29, 1.82) is 0 Å². The van der Waals surface area contributed by atoms with Gasteiger partial charge in [0.1, 0.15) is 5.75 Å². The van der Waals surface area contributed by atoms with Crippen molar-refractivity contribution in [3.8, 4) is 5.75 Å². The number of benzene rings is 1. The normalized spacial score (nSPS) is 10.1. The number of nitrogens with one attached hydrogen (secondary N) is 1. The summed E-state index contributed by atoms with van der Waals surface area (Å²) in [7, 11) is 0. The monoisotopic (exact) mass is 262 g/mol. The molecule has 4 nitrogen and oxygen atoms in total. The molecule has 5 heteroatoms. The number of phenols is 1. The molecule has 0 aliphatic heterocycles. The average Bonchev–Trinajstić information content (AvgIpc) is 2.35. The summed E-state index contributed by atoms with van der Waals surface area (Å²) in [6.07, 6.45) is 3.24. The second-order valence-corrected chi connectivity index (χ2v) is 4.17. The van der Waals surface area contributed by atoms with Crippen LogP contribution in [0.5, 0.6) is 5.75 Å². The predicted octanol–water partition coefficient (Wildman–Crippen LogP) is 2.62. The topological polar surface area (TPSA) is 62.2 Å². The highest BCUT2D eigenvalue weighted by Crippen LogP contribution is 2.22. The molecule has 2 aromatic rings. The Labute approximate surface area is 109 Å². The van der Waals surface area contributed by atoms with Gasteiger partial charge in [0.05, 0.1) is 6.42 Å². The van der Waals surface area contributed by atoms with Gasteiger partial charge in [-0.25, -0.2) is 0 Å². The van der Waals surface area contributed by atoms with Crippen LogP contribution in [-0.4, -0.2) is 16.0 Å². The van der Waals surface area contributed by atoms with Gasteiger partial charge >= 0.3 is 0 Å². The molecule has 0 radical (unpaired) electrons. The second-order valence-electron chi connectivity index (χ2n) is 3.73. The highest BCUT2D eigenvalue weighted by atomic mass is 35.5. The van der Waals surface area contributed by atoms with Gasteiger partial charge in [0, 0.05) is 28.7 Å². The van der Waals surface area contributed by atoms with Crippen LogP contribution in [0.25, 0.3) is 0 Å². The van der Waals surface area contributed by atoms with E-state index >= 15 is 0 Å². The number of rotatable bonds is 3. The Morgan fingerprint density at radius 2 is 2.00 bits per heavy atom. The number of anilines is 1. The lowest BCUT2D eigenvalue weighted by molar-refractivity contribution is -0.115. The molecule has 1 aromatic heterocycles. The molecule has 0 atom stereocenters. The van der Waals surface area contributed by atoms with Crippen LogP contribution in [0, 0.1) is 0 Å². The molecule has 0 saturated heterocycles. The molecule has 2 N–H and O–H groups in total. The van der Waals surface area contributed by atoms with Crippen LogP contribution >= 0.6 is 11.6 Å². The summed E-state index contributed by atoms with van der Waals surface area (Å²) in [5.74, 6) is -0.164. The number of hydrogen-bond acceptors (Lipinski definition) is 3. The highest BCUT2D eigenvalue weighted by molar-refractivity contribution is 6.30. The number of phenolic OH excluding ortho intramolecular Hbond substituents is 1. The third-order valence-corrected chi connectivity index (χ3v) is 2.59. The molecule has 0 bridgehead atoms. The molecule has 0 saturated carbocycles. The summed E-state index contributed by atoms with van der Waals surface area (Å²) in [6, 6.07) is 7.99. The molecule has 0 unspecified atom stereocenters. The molecule has 92 valence electrons. The molecule has 0 aliphatic rings.